The maximum atomic E-state index is 13.5. The van der Waals surface area contributed by atoms with Gasteiger partial charge in [-0.15, -0.1) is 0 Å². The van der Waals surface area contributed by atoms with Crippen LogP contribution in [0.4, 0.5) is 0 Å². The Morgan fingerprint density at radius 3 is 2.47 bits per heavy atom. The minimum atomic E-state index is -0.0402. The SMILES string of the molecule is O=C(C1=COC=C(C2=CC=CCC2)O1)N1C2CCC1CC(c1cccc(-c3ccccc3)c1)C2. The minimum Gasteiger partial charge on any atom is -0.465 e. The fraction of sp³-hybridized carbons (Fsp3) is 0.300. The number of hydrogen-bond acceptors (Lipinski definition) is 3. The largest absolute Gasteiger partial charge is 0.465 e. The number of fused-ring (bicyclic) bond motifs is 2. The zero-order valence-corrected chi connectivity index (χ0v) is 19.2. The molecule has 4 nitrogen and oxygen atoms in total. The summed E-state index contributed by atoms with van der Waals surface area (Å²) in [4.78, 5) is 15.6. The molecule has 2 saturated heterocycles. The highest BCUT2D eigenvalue weighted by Gasteiger charge is 2.45. The zero-order valence-electron chi connectivity index (χ0n) is 19.2. The van der Waals surface area contributed by atoms with E-state index in [4.69, 9.17) is 9.47 Å². The van der Waals surface area contributed by atoms with Crippen LogP contribution in [0.5, 0.6) is 0 Å². The second-order valence-electron chi connectivity index (χ2n) is 9.62. The van der Waals surface area contributed by atoms with Crippen LogP contribution in [0, 0.1) is 0 Å². The van der Waals surface area contributed by atoms with E-state index in [1.165, 1.54) is 23.0 Å². The number of carbonyl (C=O) groups is 1. The van der Waals surface area contributed by atoms with E-state index in [1.54, 1.807) is 6.26 Å². The van der Waals surface area contributed by atoms with Crippen LogP contribution in [0.1, 0.15) is 50.0 Å². The van der Waals surface area contributed by atoms with Gasteiger partial charge in [0.1, 0.15) is 12.5 Å². The Bertz CT molecular complexity index is 1190. The third kappa shape index (κ3) is 3.98. The van der Waals surface area contributed by atoms with Gasteiger partial charge in [-0.1, -0.05) is 72.8 Å². The predicted octanol–water partition coefficient (Wildman–Crippen LogP) is 6.60. The van der Waals surface area contributed by atoms with Crippen LogP contribution < -0.4 is 0 Å². The molecule has 1 aliphatic carbocycles. The van der Waals surface area contributed by atoms with Crippen LogP contribution in [-0.2, 0) is 14.3 Å². The number of benzene rings is 2. The first-order valence-electron chi connectivity index (χ1n) is 12.3. The van der Waals surface area contributed by atoms with Crippen molar-refractivity contribution in [2.75, 3.05) is 0 Å². The van der Waals surface area contributed by atoms with Crippen LogP contribution in [0.2, 0.25) is 0 Å². The summed E-state index contributed by atoms with van der Waals surface area (Å²) >= 11 is 0. The van der Waals surface area contributed by atoms with E-state index in [9.17, 15) is 4.79 Å². The van der Waals surface area contributed by atoms with Crippen molar-refractivity contribution in [3.63, 3.8) is 0 Å². The Labute approximate surface area is 200 Å². The monoisotopic (exact) mass is 451 g/mol. The number of allylic oxidation sites excluding steroid dienone is 4. The summed E-state index contributed by atoms with van der Waals surface area (Å²) in [5.41, 5.74) is 4.95. The molecule has 2 aromatic rings. The maximum absolute atomic E-state index is 13.5. The van der Waals surface area contributed by atoms with E-state index >= 15 is 0 Å². The van der Waals surface area contributed by atoms with Gasteiger partial charge in [0, 0.05) is 12.1 Å². The lowest BCUT2D eigenvalue weighted by Gasteiger charge is -2.39. The molecule has 0 N–H and O–H groups in total. The zero-order chi connectivity index (χ0) is 22.9. The van der Waals surface area contributed by atoms with Crippen molar-refractivity contribution >= 4 is 5.91 Å². The highest BCUT2D eigenvalue weighted by molar-refractivity contribution is 5.92. The topological polar surface area (TPSA) is 38.8 Å². The summed E-state index contributed by atoms with van der Waals surface area (Å²) in [6, 6.07) is 20.0. The Morgan fingerprint density at radius 1 is 0.912 bits per heavy atom. The highest BCUT2D eigenvalue weighted by Crippen LogP contribution is 2.44. The molecule has 2 atom stereocenters. The van der Waals surface area contributed by atoms with Crippen molar-refractivity contribution in [3.8, 4) is 11.1 Å². The normalized spacial score (nSPS) is 25.6. The van der Waals surface area contributed by atoms with Gasteiger partial charge in [0.2, 0.25) is 5.76 Å². The van der Waals surface area contributed by atoms with Crippen molar-refractivity contribution in [1.29, 1.82) is 0 Å². The van der Waals surface area contributed by atoms with E-state index in [1.807, 2.05) is 12.2 Å². The molecule has 6 rings (SSSR count). The summed E-state index contributed by atoms with van der Waals surface area (Å²) in [5, 5.41) is 0. The Morgan fingerprint density at radius 2 is 1.71 bits per heavy atom. The highest BCUT2D eigenvalue weighted by atomic mass is 16.5. The second kappa shape index (κ2) is 9.02. The Hall–Kier alpha value is -3.53. The van der Waals surface area contributed by atoms with Gasteiger partial charge in [-0.05, 0) is 66.7 Å². The average Bonchev–Trinajstić information content (AvgIpc) is 3.18. The predicted molar refractivity (Wildman–Crippen MR) is 132 cm³/mol. The molecule has 0 saturated carbocycles. The van der Waals surface area contributed by atoms with E-state index in [2.05, 4.69) is 65.6 Å². The van der Waals surface area contributed by atoms with Crippen LogP contribution >= 0.6 is 0 Å². The molecule has 0 aromatic heterocycles. The number of amides is 1. The van der Waals surface area contributed by atoms with Crippen molar-refractivity contribution < 1.29 is 14.3 Å². The third-order valence-electron chi connectivity index (χ3n) is 7.54. The van der Waals surface area contributed by atoms with Gasteiger partial charge in [-0.2, -0.15) is 0 Å². The molecule has 4 heteroatoms. The number of hydrogen-bond donors (Lipinski definition) is 0. The van der Waals surface area contributed by atoms with E-state index < -0.39 is 0 Å². The first-order chi connectivity index (χ1) is 16.8. The molecule has 0 radical (unpaired) electrons. The number of rotatable bonds is 4. The van der Waals surface area contributed by atoms with Crippen molar-refractivity contribution in [3.05, 3.63) is 108 Å². The van der Waals surface area contributed by atoms with Gasteiger partial charge in [0.25, 0.3) is 5.91 Å². The lowest BCUT2D eigenvalue weighted by Crippen LogP contribution is -2.47. The second-order valence-corrected chi connectivity index (χ2v) is 9.62. The number of nitrogens with zero attached hydrogens (tertiary/aromatic N) is 1. The number of carbonyl (C=O) groups excluding carboxylic acids is 1. The van der Waals surface area contributed by atoms with Crippen molar-refractivity contribution in [2.24, 2.45) is 0 Å². The summed E-state index contributed by atoms with van der Waals surface area (Å²) in [6.07, 6.45) is 15.2. The molecule has 2 aromatic carbocycles. The number of ether oxygens (including phenoxy) is 2. The molecule has 172 valence electrons. The quantitative estimate of drug-likeness (QED) is 0.526. The van der Waals surface area contributed by atoms with Gasteiger partial charge >= 0.3 is 0 Å². The van der Waals surface area contributed by atoms with Crippen molar-refractivity contribution in [2.45, 2.75) is 56.5 Å². The van der Waals surface area contributed by atoms with Crippen LogP contribution in [0.25, 0.3) is 11.1 Å². The molecular weight excluding hydrogens is 422 g/mol. The van der Waals surface area contributed by atoms with E-state index in [0.717, 1.165) is 44.1 Å². The smallest absolute Gasteiger partial charge is 0.293 e. The van der Waals surface area contributed by atoms with Gasteiger partial charge < -0.3 is 14.4 Å². The molecule has 4 aliphatic rings. The van der Waals surface area contributed by atoms with E-state index in [0.29, 0.717) is 17.4 Å². The molecule has 34 heavy (non-hydrogen) atoms. The van der Waals surface area contributed by atoms with Crippen LogP contribution in [0.3, 0.4) is 0 Å². The molecule has 2 fully saturated rings. The maximum Gasteiger partial charge on any atom is 0.293 e. The fourth-order valence-corrected chi connectivity index (χ4v) is 5.88. The van der Waals surface area contributed by atoms with E-state index in [-0.39, 0.29) is 18.0 Å². The first kappa shape index (κ1) is 21.0. The summed E-state index contributed by atoms with van der Waals surface area (Å²) in [5.74, 6) is 1.38. The Balaban J connectivity index is 1.17. The summed E-state index contributed by atoms with van der Waals surface area (Å²) < 4.78 is 11.6. The lowest BCUT2D eigenvalue weighted by atomic mass is 9.84. The van der Waals surface area contributed by atoms with Gasteiger partial charge in [-0.3, -0.25) is 4.79 Å². The Kier molecular flexibility index (Phi) is 5.58. The van der Waals surface area contributed by atoms with Crippen molar-refractivity contribution in [1.82, 2.24) is 4.90 Å². The molecule has 0 spiro atoms. The van der Waals surface area contributed by atoms with Gasteiger partial charge in [0.15, 0.2) is 5.76 Å². The molecule has 3 aliphatic heterocycles. The van der Waals surface area contributed by atoms with Crippen LogP contribution in [0.15, 0.2) is 102 Å². The first-order valence-corrected chi connectivity index (χ1v) is 12.3. The van der Waals surface area contributed by atoms with Crippen LogP contribution in [-0.4, -0.2) is 22.9 Å². The lowest BCUT2D eigenvalue weighted by molar-refractivity contribution is -0.135. The van der Waals surface area contributed by atoms with Gasteiger partial charge in [0.05, 0.1) is 0 Å². The average molecular weight is 452 g/mol. The minimum absolute atomic E-state index is 0.0402. The van der Waals surface area contributed by atoms with Gasteiger partial charge in [-0.25, -0.2) is 0 Å². The number of piperidine rings is 1. The molecular formula is C30H29NO3. The standard InChI is InChI=1S/C30H29NO3/c32-30(29-20-33-19-28(34-29)22-10-5-2-6-11-22)31-26-14-15-27(31)18-25(17-26)24-13-7-12-23(16-24)21-8-3-1-4-9-21/h1-5,7-10,12-13,16,19-20,25-27H,6,11,14-15,17-18H2. The summed E-state index contributed by atoms with van der Waals surface area (Å²) in [6.45, 7) is 0. The molecule has 2 unspecified atom stereocenters. The summed E-state index contributed by atoms with van der Waals surface area (Å²) in [7, 11) is 0. The fourth-order valence-electron chi connectivity index (χ4n) is 5.88. The third-order valence-corrected chi connectivity index (χ3v) is 7.54. The molecule has 2 bridgehead atoms. The molecule has 1 amide bonds. The molecule has 3 heterocycles.